The summed E-state index contributed by atoms with van der Waals surface area (Å²) in [5, 5.41) is 6.27. The number of carbonyl (C=O) groups excluding carboxylic acids is 1. The lowest BCUT2D eigenvalue weighted by Gasteiger charge is -2.09. The lowest BCUT2D eigenvalue weighted by Crippen LogP contribution is -2.26. The van der Waals surface area contributed by atoms with E-state index in [9.17, 15) is 13.2 Å². The first-order chi connectivity index (χ1) is 11.0. The van der Waals surface area contributed by atoms with Crippen molar-refractivity contribution in [2.75, 3.05) is 26.7 Å². The predicted octanol–water partition coefficient (Wildman–Crippen LogP) is 0.643. The number of rotatable bonds is 8. The number of sulfonamides is 1. The molecule has 7 heteroatoms. The Morgan fingerprint density at radius 2 is 2.04 bits per heavy atom. The molecule has 0 aromatic heterocycles. The quantitative estimate of drug-likeness (QED) is 0.649. The maximum absolute atomic E-state index is 11.8. The van der Waals surface area contributed by atoms with Crippen LogP contribution in [0.4, 0.5) is 0 Å². The van der Waals surface area contributed by atoms with Gasteiger partial charge in [0, 0.05) is 13.0 Å². The third-order valence-corrected chi connectivity index (χ3v) is 5.61. The highest BCUT2D eigenvalue weighted by Crippen LogP contribution is 2.12. The van der Waals surface area contributed by atoms with Crippen molar-refractivity contribution in [2.24, 2.45) is 5.92 Å². The van der Waals surface area contributed by atoms with Crippen molar-refractivity contribution in [2.45, 2.75) is 30.6 Å². The zero-order valence-electron chi connectivity index (χ0n) is 13.5. The Labute approximate surface area is 138 Å². The van der Waals surface area contributed by atoms with Crippen molar-refractivity contribution < 1.29 is 13.2 Å². The minimum atomic E-state index is -3.40. The second kappa shape index (κ2) is 8.42. The van der Waals surface area contributed by atoms with Crippen molar-refractivity contribution in [1.29, 1.82) is 0 Å². The predicted molar refractivity (Wildman–Crippen MR) is 89.6 cm³/mol. The third-order valence-electron chi connectivity index (χ3n) is 4.18. The summed E-state index contributed by atoms with van der Waals surface area (Å²) in [6.07, 6.45) is 3.24. The molecule has 0 spiro atoms. The summed E-state index contributed by atoms with van der Waals surface area (Å²) in [5.41, 5.74) is 0.954. The van der Waals surface area contributed by atoms with Crippen LogP contribution >= 0.6 is 0 Å². The molecule has 1 heterocycles. The van der Waals surface area contributed by atoms with Gasteiger partial charge < -0.3 is 10.6 Å². The topological polar surface area (TPSA) is 87.3 Å². The average molecular weight is 339 g/mol. The van der Waals surface area contributed by atoms with E-state index in [0.29, 0.717) is 18.8 Å². The van der Waals surface area contributed by atoms with Gasteiger partial charge in [-0.3, -0.25) is 4.79 Å². The molecule has 1 unspecified atom stereocenters. The Hall–Kier alpha value is -1.44. The summed E-state index contributed by atoms with van der Waals surface area (Å²) in [7, 11) is -2.02. The number of aryl methyl sites for hydroxylation is 1. The molecule has 1 fully saturated rings. The highest BCUT2D eigenvalue weighted by atomic mass is 32.2. The van der Waals surface area contributed by atoms with Crippen molar-refractivity contribution in [3.8, 4) is 0 Å². The van der Waals surface area contributed by atoms with Gasteiger partial charge in [-0.15, -0.1) is 0 Å². The molecule has 1 aliphatic rings. The van der Waals surface area contributed by atoms with Crippen LogP contribution in [0.25, 0.3) is 0 Å². The Morgan fingerprint density at radius 3 is 2.65 bits per heavy atom. The van der Waals surface area contributed by atoms with Crippen LogP contribution in [0.3, 0.4) is 0 Å². The van der Waals surface area contributed by atoms with Gasteiger partial charge in [0.15, 0.2) is 0 Å². The number of carbonyl (C=O) groups is 1. The highest BCUT2D eigenvalue weighted by Gasteiger charge is 2.14. The summed E-state index contributed by atoms with van der Waals surface area (Å²) < 4.78 is 25.5. The molecule has 1 aromatic carbocycles. The number of hydrogen-bond donors (Lipinski definition) is 3. The highest BCUT2D eigenvalue weighted by molar-refractivity contribution is 7.89. The second-order valence-corrected chi connectivity index (χ2v) is 7.74. The van der Waals surface area contributed by atoms with Crippen LogP contribution in [0.1, 0.15) is 24.8 Å². The van der Waals surface area contributed by atoms with Gasteiger partial charge in [-0.2, -0.15) is 0 Å². The molecule has 0 aliphatic carbocycles. The molecule has 0 saturated carbocycles. The van der Waals surface area contributed by atoms with Crippen molar-refractivity contribution in [3.05, 3.63) is 29.8 Å². The Kier molecular flexibility index (Phi) is 6.56. The van der Waals surface area contributed by atoms with E-state index in [1.165, 1.54) is 13.5 Å². The van der Waals surface area contributed by atoms with Gasteiger partial charge in [0.1, 0.15) is 0 Å². The fourth-order valence-electron chi connectivity index (χ4n) is 2.68. The third kappa shape index (κ3) is 5.60. The molecule has 2 rings (SSSR count). The van der Waals surface area contributed by atoms with Crippen molar-refractivity contribution >= 4 is 15.9 Å². The molecule has 0 radical (unpaired) electrons. The largest absolute Gasteiger partial charge is 0.356 e. The summed E-state index contributed by atoms with van der Waals surface area (Å²) in [4.78, 5) is 12.1. The fourth-order valence-corrected chi connectivity index (χ4v) is 3.41. The molecule has 0 bridgehead atoms. The van der Waals surface area contributed by atoms with Crippen LogP contribution in [0.2, 0.25) is 0 Å². The molecule has 23 heavy (non-hydrogen) atoms. The van der Waals surface area contributed by atoms with Crippen LogP contribution in [0, 0.1) is 5.92 Å². The van der Waals surface area contributed by atoms with Crippen LogP contribution in [-0.2, 0) is 21.2 Å². The number of hydrogen-bond acceptors (Lipinski definition) is 4. The molecule has 128 valence electrons. The monoisotopic (exact) mass is 339 g/mol. The van der Waals surface area contributed by atoms with E-state index >= 15 is 0 Å². The van der Waals surface area contributed by atoms with Crippen LogP contribution in [0.5, 0.6) is 0 Å². The molecule has 1 amide bonds. The Bertz CT molecular complexity index is 608. The minimum absolute atomic E-state index is 0.0443. The average Bonchev–Trinajstić information content (AvgIpc) is 3.07. The van der Waals surface area contributed by atoms with E-state index < -0.39 is 10.0 Å². The van der Waals surface area contributed by atoms with E-state index in [2.05, 4.69) is 15.4 Å². The molecule has 1 aliphatic heterocycles. The minimum Gasteiger partial charge on any atom is -0.356 e. The zero-order valence-corrected chi connectivity index (χ0v) is 14.3. The van der Waals surface area contributed by atoms with E-state index in [4.69, 9.17) is 0 Å². The summed E-state index contributed by atoms with van der Waals surface area (Å²) in [6, 6.07) is 6.63. The normalized spacial score (nSPS) is 18.0. The maximum Gasteiger partial charge on any atom is 0.240 e. The summed E-state index contributed by atoms with van der Waals surface area (Å²) in [6.45, 7) is 2.86. The van der Waals surface area contributed by atoms with E-state index in [1.807, 2.05) is 0 Å². The van der Waals surface area contributed by atoms with Gasteiger partial charge in [-0.25, -0.2) is 13.1 Å². The lowest BCUT2D eigenvalue weighted by atomic mass is 10.1. The van der Waals surface area contributed by atoms with Gasteiger partial charge >= 0.3 is 0 Å². The van der Waals surface area contributed by atoms with Crippen LogP contribution < -0.4 is 15.4 Å². The molecular formula is C16H25N3O3S. The Morgan fingerprint density at radius 1 is 1.30 bits per heavy atom. The summed E-state index contributed by atoms with van der Waals surface area (Å²) >= 11 is 0. The molecular weight excluding hydrogens is 314 g/mol. The second-order valence-electron chi connectivity index (χ2n) is 5.85. The first-order valence-corrected chi connectivity index (χ1v) is 9.49. The molecule has 1 saturated heterocycles. The molecule has 6 nitrogen and oxygen atoms in total. The first kappa shape index (κ1) is 17.9. The van der Waals surface area contributed by atoms with Gasteiger partial charge in [0.05, 0.1) is 4.90 Å². The van der Waals surface area contributed by atoms with E-state index in [-0.39, 0.29) is 10.8 Å². The van der Waals surface area contributed by atoms with Crippen LogP contribution in [-0.4, -0.2) is 41.0 Å². The van der Waals surface area contributed by atoms with Crippen molar-refractivity contribution in [1.82, 2.24) is 15.4 Å². The molecule has 1 aromatic rings. The van der Waals surface area contributed by atoms with Crippen molar-refractivity contribution in [3.63, 3.8) is 0 Å². The van der Waals surface area contributed by atoms with Gasteiger partial charge in [-0.1, -0.05) is 12.1 Å². The number of benzene rings is 1. The van der Waals surface area contributed by atoms with Crippen LogP contribution in [0.15, 0.2) is 29.2 Å². The fraction of sp³-hybridized carbons (Fsp3) is 0.562. The SMILES string of the molecule is CNS(=O)(=O)c1ccc(CCC(=O)NCCC2CCNC2)cc1. The van der Waals surface area contributed by atoms with E-state index in [1.54, 1.807) is 24.3 Å². The maximum atomic E-state index is 11.8. The van der Waals surface area contributed by atoms with Gasteiger partial charge in [-0.05, 0) is 63.0 Å². The smallest absolute Gasteiger partial charge is 0.240 e. The van der Waals surface area contributed by atoms with Gasteiger partial charge in [0.25, 0.3) is 0 Å². The molecule has 1 atom stereocenters. The first-order valence-electron chi connectivity index (χ1n) is 8.01. The Balaban J connectivity index is 1.71. The lowest BCUT2D eigenvalue weighted by molar-refractivity contribution is -0.121. The van der Waals surface area contributed by atoms with E-state index in [0.717, 1.165) is 31.6 Å². The molecule has 3 N–H and O–H groups in total. The standard InChI is InChI=1S/C16H25N3O3S/c1-17-23(21,22)15-5-2-13(3-6-15)4-7-16(20)19-11-9-14-8-10-18-12-14/h2-3,5-6,14,17-18H,4,7-12H2,1H3,(H,19,20). The number of nitrogens with one attached hydrogen (secondary N) is 3. The zero-order chi connectivity index (χ0) is 16.7. The van der Waals surface area contributed by atoms with Gasteiger partial charge in [0.2, 0.25) is 15.9 Å². The summed E-state index contributed by atoms with van der Waals surface area (Å²) in [5.74, 6) is 0.722. The number of amides is 1.